The molecule has 5 atom stereocenters. The van der Waals surface area contributed by atoms with Crippen molar-refractivity contribution in [1.29, 1.82) is 0 Å². The van der Waals surface area contributed by atoms with Crippen LogP contribution >= 0.6 is 11.8 Å². The maximum absolute atomic E-state index is 13.0. The van der Waals surface area contributed by atoms with Gasteiger partial charge in [-0.05, 0) is 24.3 Å². The Morgan fingerprint density at radius 3 is 2.64 bits per heavy atom. The van der Waals surface area contributed by atoms with Crippen LogP contribution < -0.4 is 11.0 Å². The molecule has 2 heterocycles. The Kier molecular flexibility index (Phi) is 9.93. The first kappa shape index (κ1) is 30.3. The smallest absolute Gasteiger partial charge is 0.467 e. The molecule has 3 rings (SSSR count). The second kappa shape index (κ2) is 12.8. The third-order valence-electron chi connectivity index (χ3n) is 5.70. The molecule has 3 N–H and O–H groups in total. The van der Waals surface area contributed by atoms with Crippen molar-refractivity contribution in [3.8, 4) is 0 Å². The number of carbonyl (C=O) groups excluding carboxylic acids is 2. The summed E-state index contributed by atoms with van der Waals surface area (Å²) in [6, 6.07) is 5.19. The van der Waals surface area contributed by atoms with Crippen LogP contribution in [0.15, 0.2) is 34.1 Å². The Bertz CT molecular complexity index is 1270. The van der Waals surface area contributed by atoms with Crippen LogP contribution in [0.2, 0.25) is 0 Å². The van der Waals surface area contributed by atoms with Crippen molar-refractivity contribution in [2.24, 2.45) is 4.99 Å². The Hall–Kier alpha value is -3.21. The first-order valence-corrected chi connectivity index (χ1v) is 12.8. The topological polar surface area (TPSA) is 156 Å². The van der Waals surface area contributed by atoms with Gasteiger partial charge >= 0.3 is 23.7 Å². The molecule has 1 aliphatic heterocycles. The number of benzene rings is 1. The zero-order chi connectivity index (χ0) is 28.9. The van der Waals surface area contributed by atoms with E-state index in [-0.39, 0.29) is 23.7 Å². The molecule has 0 bridgehead atoms. The molecule has 1 aromatic heterocycles. The van der Waals surface area contributed by atoms with Gasteiger partial charge in [0.1, 0.15) is 18.2 Å². The lowest BCUT2D eigenvalue weighted by atomic mass is 10.1. The normalized spacial score (nSPS) is 22.3. The van der Waals surface area contributed by atoms with Gasteiger partial charge in [0.25, 0.3) is 0 Å². The van der Waals surface area contributed by atoms with Gasteiger partial charge in [0.2, 0.25) is 0 Å². The number of alkyl halides is 3. The lowest BCUT2D eigenvalue weighted by Gasteiger charge is -2.20. The van der Waals surface area contributed by atoms with Crippen LogP contribution in [0.1, 0.15) is 12.6 Å². The number of thioether (sulfide) groups is 1. The maximum Gasteiger partial charge on any atom is 0.471 e. The van der Waals surface area contributed by atoms with Crippen molar-refractivity contribution < 1.29 is 42.4 Å². The maximum atomic E-state index is 13.0. The molecule has 0 unspecified atom stereocenters. The van der Waals surface area contributed by atoms with Crippen molar-refractivity contribution in [2.75, 3.05) is 32.7 Å². The van der Waals surface area contributed by atoms with Crippen LogP contribution in [0, 0.1) is 0 Å². The minimum atomic E-state index is -5.17. The molecule has 1 amide bonds. The molecular weight excluding hydrogens is 547 g/mol. The Morgan fingerprint density at radius 1 is 1.31 bits per heavy atom. The zero-order valence-corrected chi connectivity index (χ0v) is 22.0. The van der Waals surface area contributed by atoms with E-state index in [2.05, 4.69) is 14.7 Å². The highest BCUT2D eigenvalue weighted by molar-refractivity contribution is 7.99. The number of aliphatic hydroxyl groups is 2. The second-order valence-corrected chi connectivity index (χ2v) is 9.92. The lowest BCUT2D eigenvalue weighted by Crippen LogP contribution is -2.47. The predicted molar refractivity (Wildman–Crippen MR) is 136 cm³/mol. The third-order valence-corrected chi connectivity index (χ3v) is 6.78. The van der Waals surface area contributed by atoms with Crippen molar-refractivity contribution in [1.82, 2.24) is 19.8 Å². The van der Waals surface area contributed by atoms with E-state index < -0.39 is 54.3 Å². The van der Waals surface area contributed by atoms with E-state index in [0.717, 1.165) is 23.4 Å². The number of aliphatic imine (C=N–C) groups is 1. The summed E-state index contributed by atoms with van der Waals surface area (Å²) in [6.45, 7) is 0. The molecule has 12 nitrogen and oxygen atoms in total. The van der Waals surface area contributed by atoms with E-state index in [1.54, 1.807) is 48.6 Å². The second-order valence-electron chi connectivity index (χ2n) is 8.77. The number of para-hydroxylation sites is 1. The molecule has 214 valence electrons. The number of aliphatic hydroxyl groups excluding tert-OH is 2. The highest BCUT2D eigenvalue weighted by Gasteiger charge is 2.45. The summed E-state index contributed by atoms with van der Waals surface area (Å²) in [4.78, 5) is 45.9. The first-order valence-electron chi connectivity index (χ1n) is 11.6. The van der Waals surface area contributed by atoms with E-state index in [4.69, 9.17) is 4.74 Å². The van der Waals surface area contributed by atoms with Gasteiger partial charge in [0, 0.05) is 25.2 Å². The number of methoxy groups -OCH3 is 1. The quantitative estimate of drug-likeness (QED) is 0.159. The number of nitrogens with zero attached hydrogens (tertiary/aromatic N) is 4. The number of carbonyl (C=O) groups is 2. The lowest BCUT2D eigenvalue weighted by molar-refractivity contribution is -0.175. The summed E-state index contributed by atoms with van der Waals surface area (Å²) >= 11 is 1.10. The Labute approximate surface area is 224 Å². The molecule has 1 fully saturated rings. The standard InChI is InChI=1S/C23H28F3N5O7S/c1-30(2)11-27-18-12-6-4-5-7-14(12)31(22(36)29-18)19-17(33)16(32)15(38-19)10-39-9-8-13(20(34)37-3)28-21(35)23(24,25)26/h4-7,11,13,15-17,19,32-33H,8-10H2,1-3H3,(H,28,35)/t13-,15+,16+,17+,19+/m0/s1. The Morgan fingerprint density at radius 2 is 2.00 bits per heavy atom. The van der Waals surface area contributed by atoms with Crippen molar-refractivity contribution in [3.63, 3.8) is 0 Å². The van der Waals surface area contributed by atoms with E-state index in [1.807, 2.05) is 0 Å². The SMILES string of the molecule is COC(=O)[C@H](CCSC[C@H]1O[C@@H](n2c(=O)nc(N=CN(C)C)c3ccccc32)[C@H](O)[C@@H]1O)NC(=O)C(F)(F)F. The van der Waals surface area contributed by atoms with Crippen molar-refractivity contribution in [2.45, 2.75) is 43.2 Å². The zero-order valence-electron chi connectivity index (χ0n) is 21.2. The van der Waals surface area contributed by atoms with Crippen LogP contribution in [0.5, 0.6) is 0 Å². The fraction of sp³-hybridized carbons (Fsp3) is 0.522. The minimum Gasteiger partial charge on any atom is -0.467 e. The van der Waals surface area contributed by atoms with Crippen LogP contribution in [0.25, 0.3) is 10.9 Å². The van der Waals surface area contributed by atoms with Gasteiger partial charge < -0.3 is 29.9 Å². The molecular formula is C23H28F3N5O7S. The number of rotatable bonds is 10. The average molecular weight is 576 g/mol. The minimum absolute atomic E-state index is 0.0567. The van der Waals surface area contributed by atoms with Crippen molar-refractivity contribution in [3.05, 3.63) is 34.7 Å². The molecule has 16 heteroatoms. The molecule has 39 heavy (non-hydrogen) atoms. The average Bonchev–Trinajstić information content (AvgIpc) is 3.16. The van der Waals surface area contributed by atoms with Gasteiger partial charge in [-0.15, -0.1) is 0 Å². The number of hydrogen-bond donors (Lipinski definition) is 3. The highest BCUT2D eigenvalue weighted by Crippen LogP contribution is 2.33. The van der Waals surface area contributed by atoms with Crippen LogP contribution in [-0.4, -0.2) is 106 Å². The number of esters is 1. The number of fused-ring (bicyclic) bond motifs is 1. The number of halogens is 3. The number of nitrogens with one attached hydrogen (secondary N) is 1. The first-order chi connectivity index (χ1) is 18.3. The largest absolute Gasteiger partial charge is 0.471 e. The third kappa shape index (κ3) is 7.26. The van der Waals surface area contributed by atoms with Gasteiger partial charge in [-0.1, -0.05) is 12.1 Å². The molecule has 1 saturated heterocycles. The molecule has 0 radical (unpaired) electrons. The summed E-state index contributed by atoms with van der Waals surface area (Å²) in [5.74, 6) is -3.01. The fourth-order valence-electron chi connectivity index (χ4n) is 3.81. The Balaban J connectivity index is 1.72. The molecule has 0 saturated carbocycles. The summed E-state index contributed by atoms with van der Waals surface area (Å²) in [5, 5.41) is 23.4. The van der Waals surface area contributed by atoms with Gasteiger partial charge in [0.05, 0.1) is 25.1 Å². The van der Waals surface area contributed by atoms with Crippen molar-refractivity contribution >= 4 is 46.7 Å². The monoisotopic (exact) mass is 575 g/mol. The summed E-state index contributed by atoms with van der Waals surface area (Å²) in [5.41, 5.74) is -0.389. The van der Waals surface area contributed by atoms with Crippen LogP contribution in [0.4, 0.5) is 19.0 Å². The molecule has 1 aliphatic rings. The van der Waals surface area contributed by atoms with E-state index in [0.29, 0.717) is 10.9 Å². The van der Waals surface area contributed by atoms with E-state index >= 15 is 0 Å². The molecule has 2 aromatic rings. The van der Waals surface area contributed by atoms with E-state index in [9.17, 15) is 37.8 Å². The fourth-order valence-corrected chi connectivity index (χ4v) is 4.88. The van der Waals surface area contributed by atoms with Gasteiger partial charge in [-0.2, -0.15) is 29.9 Å². The number of amides is 1. The highest BCUT2D eigenvalue weighted by atomic mass is 32.2. The number of ether oxygens (including phenoxy) is 2. The molecule has 0 aliphatic carbocycles. The number of hydrogen-bond acceptors (Lipinski definition) is 10. The van der Waals surface area contributed by atoms with Gasteiger partial charge in [0.15, 0.2) is 12.0 Å². The van der Waals surface area contributed by atoms with Gasteiger partial charge in [-0.3, -0.25) is 9.36 Å². The van der Waals surface area contributed by atoms with Crippen LogP contribution in [0.3, 0.4) is 0 Å². The summed E-state index contributed by atoms with van der Waals surface area (Å²) < 4.78 is 49.1. The molecule has 0 spiro atoms. The summed E-state index contributed by atoms with van der Waals surface area (Å²) in [6.07, 6.45) is -9.03. The van der Waals surface area contributed by atoms with E-state index in [1.165, 1.54) is 6.34 Å². The number of aromatic nitrogens is 2. The predicted octanol–water partition coefficient (Wildman–Crippen LogP) is 0.580. The summed E-state index contributed by atoms with van der Waals surface area (Å²) in [7, 11) is 4.49. The molecule has 1 aromatic carbocycles. The van der Waals surface area contributed by atoms with Gasteiger partial charge in [-0.25, -0.2) is 14.6 Å². The van der Waals surface area contributed by atoms with Crippen LogP contribution in [-0.2, 0) is 19.1 Å².